The summed E-state index contributed by atoms with van der Waals surface area (Å²) in [6.45, 7) is 1.84. The van der Waals surface area contributed by atoms with E-state index in [-0.39, 0.29) is 33.7 Å². The van der Waals surface area contributed by atoms with Crippen LogP contribution in [0.4, 0.5) is 0 Å². The molecule has 3 rings (SSSR count). The molecule has 0 bridgehead atoms. The number of ether oxygens (including phenoxy) is 1. The van der Waals surface area contributed by atoms with Gasteiger partial charge in [0.05, 0.1) is 33.3 Å². The molecule has 0 aromatic heterocycles. The number of benzene rings is 2. The maximum atomic E-state index is 13.3. The zero-order valence-electron chi connectivity index (χ0n) is 14.7. The van der Waals surface area contributed by atoms with Crippen LogP contribution in [0, 0.1) is 0 Å². The lowest BCUT2D eigenvalue weighted by Crippen LogP contribution is -2.33. The number of esters is 1. The third kappa shape index (κ3) is 3.93. The van der Waals surface area contributed by atoms with Crippen molar-refractivity contribution in [1.29, 1.82) is 0 Å². The van der Waals surface area contributed by atoms with Gasteiger partial charge in [0.25, 0.3) is 0 Å². The lowest BCUT2D eigenvalue weighted by atomic mass is 10.0. The van der Waals surface area contributed by atoms with Crippen LogP contribution >= 0.6 is 34.8 Å². The Morgan fingerprint density at radius 1 is 1.11 bits per heavy atom. The van der Waals surface area contributed by atoms with Gasteiger partial charge in [-0.25, -0.2) is 13.2 Å². The molecular weight excluding hydrogens is 445 g/mol. The summed E-state index contributed by atoms with van der Waals surface area (Å²) in [5.74, 6) is -0.588. The third-order valence-corrected chi connectivity index (χ3v) is 7.34. The van der Waals surface area contributed by atoms with Crippen LogP contribution in [0.1, 0.15) is 18.5 Å². The third-order valence-electron chi connectivity index (χ3n) is 4.27. The molecule has 1 aliphatic heterocycles. The first-order valence-corrected chi connectivity index (χ1v) is 10.9. The van der Waals surface area contributed by atoms with E-state index in [0.29, 0.717) is 10.6 Å². The van der Waals surface area contributed by atoms with E-state index in [1.165, 1.54) is 16.4 Å². The second-order valence-corrected chi connectivity index (χ2v) is 9.04. The van der Waals surface area contributed by atoms with Crippen molar-refractivity contribution in [2.75, 3.05) is 13.2 Å². The Labute approximate surface area is 178 Å². The minimum Gasteiger partial charge on any atom is -0.463 e. The maximum absolute atomic E-state index is 13.3. The molecule has 2 aromatic carbocycles. The van der Waals surface area contributed by atoms with E-state index in [0.717, 1.165) is 0 Å². The number of sulfonamides is 1. The molecule has 28 heavy (non-hydrogen) atoms. The summed E-state index contributed by atoms with van der Waals surface area (Å²) in [5, 5.41) is 0.676. The second kappa shape index (κ2) is 8.43. The van der Waals surface area contributed by atoms with Gasteiger partial charge >= 0.3 is 5.97 Å². The lowest BCUT2D eigenvalue weighted by molar-refractivity contribution is -0.138. The molecule has 1 aliphatic rings. The number of rotatable bonds is 5. The van der Waals surface area contributed by atoms with E-state index >= 15 is 0 Å². The maximum Gasteiger partial charge on any atom is 0.335 e. The topological polar surface area (TPSA) is 63.7 Å². The Kier molecular flexibility index (Phi) is 6.37. The molecule has 1 heterocycles. The van der Waals surface area contributed by atoms with Gasteiger partial charge in [-0.15, -0.1) is 0 Å². The molecule has 0 saturated carbocycles. The van der Waals surface area contributed by atoms with Gasteiger partial charge in [0.1, 0.15) is 4.90 Å². The predicted molar refractivity (Wildman–Crippen MR) is 109 cm³/mol. The number of halogens is 3. The molecule has 0 fully saturated rings. The van der Waals surface area contributed by atoms with Gasteiger partial charge in [-0.1, -0.05) is 59.1 Å². The Morgan fingerprint density at radius 3 is 2.46 bits per heavy atom. The van der Waals surface area contributed by atoms with Crippen molar-refractivity contribution in [3.05, 3.63) is 74.7 Å². The minimum atomic E-state index is -4.01. The number of hydrogen-bond donors (Lipinski definition) is 0. The molecule has 5 nitrogen and oxygen atoms in total. The van der Waals surface area contributed by atoms with Crippen LogP contribution in [0.25, 0.3) is 0 Å². The summed E-state index contributed by atoms with van der Waals surface area (Å²) in [6, 6.07) is 9.97. The van der Waals surface area contributed by atoms with E-state index in [1.54, 1.807) is 43.3 Å². The highest BCUT2D eigenvalue weighted by atomic mass is 35.5. The monoisotopic (exact) mass is 459 g/mol. The molecule has 0 N–H and O–H groups in total. The first-order chi connectivity index (χ1) is 13.3. The summed E-state index contributed by atoms with van der Waals surface area (Å²) in [6.07, 6.45) is 1.54. The van der Waals surface area contributed by atoms with E-state index in [2.05, 4.69) is 0 Å². The van der Waals surface area contributed by atoms with Gasteiger partial charge in [0, 0.05) is 6.54 Å². The van der Waals surface area contributed by atoms with E-state index in [9.17, 15) is 13.2 Å². The van der Waals surface area contributed by atoms with Gasteiger partial charge in [0.15, 0.2) is 0 Å². The molecule has 2 aromatic rings. The lowest BCUT2D eigenvalue weighted by Gasteiger charge is -2.27. The summed E-state index contributed by atoms with van der Waals surface area (Å²) in [4.78, 5) is 12.4. The Balaban J connectivity index is 2.11. The molecule has 0 aliphatic carbocycles. The van der Waals surface area contributed by atoms with Crippen LogP contribution < -0.4 is 0 Å². The SMILES string of the molecule is CCOC(=O)C1=CCN(S(=O)(=O)c2ccccc2Cl)C1c1ccc(Cl)c(Cl)c1. The van der Waals surface area contributed by atoms with Gasteiger partial charge in [-0.3, -0.25) is 0 Å². The molecule has 1 atom stereocenters. The van der Waals surface area contributed by atoms with Crippen molar-refractivity contribution >= 4 is 50.8 Å². The normalized spacial score (nSPS) is 17.4. The zero-order chi connectivity index (χ0) is 20.5. The molecule has 148 valence electrons. The van der Waals surface area contributed by atoms with Crippen LogP contribution in [0.5, 0.6) is 0 Å². The van der Waals surface area contributed by atoms with Crippen LogP contribution in [0.15, 0.2) is 59.0 Å². The summed E-state index contributed by atoms with van der Waals surface area (Å²) in [7, 11) is -4.01. The molecule has 0 amide bonds. The Morgan fingerprint density at radius 2 is 1.82 bits per heavy atom. The average molecular weight is 461 g/mol. The van der Waals surface area contributed by atoms with Crippen molar-refractivity contribution in [2.45, 2.75) is 17.9 Å². The van der Waals surface area contributed by atoms with Gasteiger partial charge in [0.2, 0.25) is 10.0 Å². The highest BCUT2D eigenvalue weighted by Crippen LogP contribution is 2.40. The highest BCUT2D eigenvalue weighted by molar-refractivity contribution is 7.89. The van der Waals surface area contributed by atoms with Crippen LogP contribution in [-0.2, 0) is 19.6 Å². The fourth-order valence-corrected chi connectivity index (χ4v) is 5.35. The number of nitrogens with zero attached hydrogens (tertiary/aromatic N) is 1. The van der Waals surface area contributed by atoms with Crippen LogP contribution in [0.2, 0.25) is 15.1 Å². The van der Waals surface area contributed by atoms with E-state index in [1.807, 2.05) is 0 Å². The quantitative estimate of drug-likeness (QED) is 0.596. The summed E-state index contributed by atoms with van der Waals surface area (Å²) < 4.78 is 32.9. The van der Waals surface area contributed by atoms with Crippen LogP contribution in [0.3, 0.4) is 0 Å². The molecule has 0 spiro atoms. The number of carbonyl (C=O) groups is 1. The van der Waals surface area contributed by atoms with Crippen molar-refractivity contribution in [2.24, 2.45) is 0 Å². The van der Waals surface area contributed by atoms with E-state index in [4.69, 9.17) is 39.5 Å². The molecule has 0 radical (unpaired) electrons. The predicted octanol–water partition coefficient (Wildman–Crippen LogP) is 4.88. The zero-order valence-corrected chi connectivity index (χ0v) is 17.8. The molecular formula is C19H16Cl3NO4S. The minimum absolute atomic E-state index is 0.00733. The first-order valence-electron chi connectivity index (χ1n) is 8.36. The van der Waals surface area contributed by atoms with Gasteiger partial charge < -0.3 is 4.74 Å². The van der Waals surface area contributed by atoms with Gasteiger partial charge in [-0.2, -0.15) is 4.31 Å². The number of carbonyl (C=O) groups excluding carboxylic acids is 1. The highest BCUT2D eigenvalue weighted by Gasteiger charge is 2.41. The van der Waals surface area contributed by atoms with Crippen molar-refractivity contribution in [1.82, 2.24) is 4.31 Å². The first kappa shape index (κ1) is 21.1. The Hall–Kier alpha value is -1.57. The van der Waals surface area contributed by atoms with Crippen molar-refractivity contribution < 1.29 is 17.9 Å². The Bertz CT molecular complexity index is 1050. The standard InChI is InChI=1S/C19H16Cl3NO4S/c1-2-27-19(24)13-9-10-23(18(13)12-7-8-14(20)16(22)11-12)28(25,26)17-6-4-3-5-15(17)21/h3-9,11,18H,2,10H2,1H3. The van der Waals surface area contributed by atoms with Gasteiger partial charge in [-0.05, 0) is 36.8 Å². The smallest absolute Gasteiger partial charge is 0.335 e. The molecule has 1 unspecified atom stereocenters. The fraction of sp³-hybridized carbons (Fsp3) is 0.211. The fourth-order valence-electron chi connectivity index (χ4n) is 3.02. The van der Waals surface area contributed by atoms with Crippen LogP contribution in [-0.4, -0.2) is 31.8 Å². The largest absolute Gasteiger partial charge is 0.463 e. The molecule has 9 heteroatoms. The van der Waals surface area contributed by atoms with E-state index < -0.39 is 22.0 Å². The summed E-state index contributed by atoms with van der Waals surface area (Å²) in [5.41, 5.74) is 0.720. The van der Waals surface area contributed by atoms with Crippen molar-refractivity contribution in [3.8, 4) is 0 Å². The second-order valence-electron chi connectivity index (χ2n) is 5.96. The van der Waals surface area contributed by atoms with Crippen molar-refractivity contribution in [3.63, 3.8) is 0 Å². The number of hydrogen-bond acceptors (Lipinski definition) is 4. The average Bonchev–Trinajstić information content (AvgIpc) is 3.10. The summed E-state index contributed by atoms with van der Waals surface area (Å²) >= 11 is 18.2. The molecule has 0 saturated heterocycles.